The summed E-state index contributed by atoms with van der Waals surface area (Å²) in [6.45, 7) is -0.0868. The van der Waals surface area contributed by atoms with Crippen LogP contribution in [0.5, 0.6) is 0 Å². The number of benzene rings is 1. The van der Waals surface area contributed by atoms with Crippen LogP contribution in [0.1, 0.15) is 27.6 Å². The number of aliphatic hydroxyl groups excluding tert-OH is 3. The van der Waals surface area contributed by atoms with E-state index in [-0.39, 0.29) is 29.9 Å². The van der Waals surface area contributed by atoms with Crippen molar-refractivity contribution >= 4 is 91.2 Å². The van der Waals surface area contributed by atoms with Gasteiger partial charge in [0.2, 0.25) is 0 Å². The summed E-state index contributed by atoms with van der Waals surface area (Å²) in [6, 6.07) is 0. The lowest BCUT2D eigenvalue weighted by Gasteiger charge is -2.19. The quantitative estimate of drug-likeness (QED) is 0.115. The van der Waals surface area contributed by atoms with Crippen LogP contribution in [0.4, 0.5) is 5.69 Å². The molecule has 0 saturated carbocycles. The fourth-order valence-electron chi connectivity index (χ4n) is 2.12. The van der Waals surface area contributed by atoms with Gasteiger partial charge in [-0.1, -0.05) is 0 Å². The number of ether oxygens (including phenoxy) is 1. The van der Waals surface area contributed by atoms with Crippen LogP contribution in [0.2, 0.25) is 0 Å². The van der Waals surface area contributed by atoms with Gasteiger partial charge in [-0.3, -0.25) is 14.4 Å². The van der Waals surface area contributed by atoms with Crippen molar-refractivity contribution in [2.75, 3.05) is 32.0 Å². The van der Waals surface area contributed by atoms with E-state index in [0.29, 0.717) is 10.7 Å². The van der Waals surface area contributed by atoms with E-state index in [4.69, 9.17) is 15.6 Å². The minimum Gasteiger partial charge on any atom is -0.458 e. The van der Waals surface area contributed by atoms with E-state index in [0.717, 1.165) is 0 Å². The third-order valence-corrected chi connectivity index (χ3v) is 6.86. The number of hydrogen-bond donors (Lipinski definition) is 6. The second-order valence-corrected chi connectivity index (χ2v) is 9.01. The van der Waals surface area contributed by atoms with Crippen molar-refractivity contribution in [3.8, 4) is 0 Å². The molecule has 2 unspecified atom stereocenters. The Hall–Kier alpha value is -0.500. The van der Waals surface area contributed by atoms with Crippen molar-refractivity contribution in [1.29, 1.82) is 0 Å². The molecule has 0 aromatic heterocycles. The number of nitrogen functional groups attached to an aromatic ring is 1. The summed E-state index contributed by atoms with van der Waals surface area (Å²) < 4.78 is 6.09. The predicted molar refractivity (Wildman–Crippen MR) is 129 cm³/mol. The zero-order chi connectivity index (χ0) is 22.3. The van der Waals surface area contributed by atoms with Crippen LogP contribution in [-0.4, -0.2) is 71.6 Å². The molecule has 1 aromatic carbocycles. The highest BCUT2D eigenvalue weighted by molar-refractivity contribution is 14.1. The summed E-state index contributed by atoms with van der Waals surface area (Å²) in [6.07, 6.45) is -2.02. The van der Waals surface area contributed by atoms with Crippen molar-refractivity contribution < 1.29 is 34.4 Å². The van der Waals surface area contributed by atoms with Gasteiger partial charge in [-0.05, 0) is 67.8 Å². The lowest BCUT2D eigenvalue weighted by atomic mass is 10.1. The monoisotopic (exact) mass is 747 g/mol. The fraction of sp³-hybridized carbons (Fsp3) is 0.438. The van der Waals surface area contributed by atoms with Gasteiger partial charge in [0.05, 0.1) is 49.8 Å². The van der Waals surface area contributed by atoms with Crippen LogP contribution in [0.15, 0.2) is 0 Å². The number of rotatable bonds is 9. The molecule has 2 atom stereocenters. The second-order valence-electron chi connectivity index (χ2n) is 5.78. The van der Waals surface area contributed by atoms with Gasteiger partial charge in [0.25, 0.3) is 11.8 Å². The van der Waals surface area contributed by atoms with Gasteiger partial charge in [0.1, 0.15) is 6.10 Å². The molecule has 0 spiro atoms. The normalized spacial score (nSPS) is 12.8. The van der Waals surface area contributed by atoms with Crippen LogP contribution < -0.4 is 16.4 Å². The number of esters is 1. The van der Waals surface area contributed by atoms with Crippen molar-refractivity contribution in [1.82, 2.24) is 10.6 Å². The first kappa shape index (κ1) is 26.5. The molecule has 2 amide bonds. The molecule has 13 heteroatoms. The lowest BCUT2D eigenvalue weighted by molar-refractivity contribution is -0.147. The number of carbonyl (C=O) groups is 3. The van der Waals surface area contributed by atoms with Gasteiger partial charge < -0.3 is 36.4 Å². The highest BCUT2D eigenvalue weighted by atomic mass is 127. The highest BCUT2D eigenvalue weighted by Gasteiger charge is 2.27. The number of amides is 2. The molecule has 0 aliphatic rings. The minimum absolute atomic E-state index is 0.128. The Morgan fingerprint density at radius 1 is 0.966 bits per heavy atom. The lowest BCUT2D eigenvalue weighted by Crippen LogP contribution is -2.38. The van der Waals surface area contributed by atoms with Crippen molar-refractivity contribution in [2.24, 2.45) is 0 Å². The molecule has 0 bridgehead atoms. The maximum Gasteiger partial charge on any atom is 0.303 e. The molecule has 0 aliphatic heterocycles. The van der Waals surface area contributed by atoms with Crippen LogP contribution in [0.3, 0.4) is 0 Å². The first-order valence-corrected chi connectivity index (χ1v) is 11.4. The molecule has 0 radical (unpaired) electrons. The van der Waals surface area contributed by atoms with E-state index in [1.54, 1.807) is 0 Å². The maximum absolute atomic E-state index is 12.7. The Morgan fingerprint density at radius 3 is 1.86 bits per heavy atom. The molecule has 10 nitrogen and oxygen atoms in total. The van der Waals surface area contributed by atoms with Crippen molar-refractivity contribution in [3.05, 3.63) is 21.8 Å². The number of aliphatic hydroxyl groups is 3. The standard InChI is InChI=1S/C16H20I3N3O7/c1-6(25)29-8(5-24)3-22-16(28)10-11(17)9(12(18)14(20)13(10)19)15(27)21-2-7(26)4-23/h7-8,23-24,26H,2-5,20H2,1H3,(H,21,27)(H,22,28). The Balaban J connectivity index is 3.17. The van der Waals surface area contributed by atoms with Crippen molar-refractivity contribution in [3.63, 3.8) is 0 Å². The first-order chi connectivity index (χ1) is 13.5. The van der Waals surface area contributed by atoms with Gasteiger partial charge in [-0.15, -0.1) is 0 Å². The van der Waals surface area contributed by atoms with Crippen molar-refractivity contribution in [2.45, 2.75) is 19.1 Å². The van der Waals surface area contributed by atoms with E-state index >= 15 is 0 Å². The summed E-state index contributed by atoms with van der Waals surface area (Å²) in [5.74, 6) is -1.71. The van der Waals surface area contributed by atoms with E-state index < -0.39 is 43.2 Å². The number of hydrogen-bond acceptors (Lipinski definition) is 8. The summed E-state index contributed by atoms with van der Waals surface area (Å²) in [5.41, 5.74) is 6.65. The maximum atomic E-state index is 12.7. The van der Waals surface area contributed by atoms with E-state index in [9.17, 15) is 24.6 Å². The Labute approximate surface area is 207 Å². The molecule has 0 fully saturated rings. The first-order valence-electron chi connectivity index (χ1n) is 8.14. The molecule has 162 valence electrons. The summed E-state index contributed by atoms with van der Waals surface area (Å²) in [4.78, 5) is 36.3. The smallest absolute Gasteiger partial charge is 0.303 e. The average molecular weight is 747 g/mol. The molecule has 1 rings (SSSR count). The van der Waals surface area contributed by atoms with E-state index in [1.165, 1.54) is 6.92 Å². The average Bonchev–Trinajstić information content (AvgIpc) is 2.67. The Morgan fingerprint density at radius 2 is 1.45 bits per heavy atom. The molecule has 0 saturated heterocycles. The SMILES string of the molecule is CC(=O)OC(CO)CNC(=O)c1c(I)c(N)c(I)c(C(=O)NCC(O)CO)c1I. The molecule has 1 aromatic rings. The van der Waals surface area contributed by atoms with Gasteiger partial charge in [-0.25, -0.2) is 0 Å². The molecule has 0 aliphatic carbocycles. The number of anilines is 1. The van der Waals surface area contributed by atoms with Gasteiger partial charge >= 0.3 is 5.97 Å². The number of carbonyl (C=O) groups excluding carboxylic acids is 3. The second kappa shape index (κ2) is 12.4. The molecular weight excluding hydrogens is 727 g/mol. The van der Waals surface area contributed by atoms with Crippen LogP contribution in [0, 0.1) is 10.7 Å². The zero-order valence-electron chi connectivity index (χ0n) is 15.2. The largest absolute Gasteiger partial charge is 0.458 e. The van der Waals surface area contributed by atoms with Gasteiger partial charge in [0.15, 0.2) is 0 Å². The Bertz CT molecular complexity index is 792. The van der Waals surface area contributed by atoms with E-state index in [1.807, 2.05) is 67.8 Å². The fourth-order valence-corrected chi connectivity index (χ4v) is 6.26. The van der Waals surface area contributed by atoms with Crippen LogP contribution in [-0.2, 0) is 9.53 Å². The van der Waals surface area contributed by atoms with E-state index in [2.05, 4.69) is 10.6 Å². The summed E-state index contributed by atoms with van der Waals surface area (Å²) in [7, 11) is 0. The topological polar surface area (TPSA) is 171 Å². The summed E-state index contributed by atoms with van der Waals surface area (Å²) >= 11 is 5.66. The van der Waals surface area contributed by atoms with Crippen LogP contribution >= 0.6 is 67.8 Å². The number of halogens is 3. The predicted octanol–water partition coefficient (Wildman–Crippen LogP) is -0.181. The molecule has 0 heterocycles. The molecular formula is C16H20I3N3O7. The summed E-state index contributed by atoms with van der Waals surface area (Å²) in [5, 5.41) is 32.6. The van der Waals surface area contributed by atoms with Gasteiger partial charge in [0, 0.05) is 17.0 Å². The number of nitrogens with one attached hydrogen (secondary N) is 2. The minimum atomic E-state index is -1.12. The highest BCUT2D eigenvalue weighted by Crippen LogP contribution is 2.33. The molecule has 29 heavy (non-hydrogen) atoms. The van der Waals surface area contributed by atoms with Crippen LogP contribution in [0.25, 0.3) is 0 Å². The zero-order valence-corrected chi connectivity index (χ0v) is 21.6. The third-order valence-electron chi connectivity index (χ3n) is 3.54. The number of nitrogens with two attached hydrogens (primary N) is 1. The Kier molecular flexibility index (Phi) is 11.3. The molecule has 7 N–H and O–H groups in total. The third kappa shape index (κ3) is 7.30. The van der Waals surface area contributed by atoms with Gasteiger partial charge in [-0.2, -0.15) is 0 Å².